The lowest BCUT2D eigenvalue weighted by Crippen LogP contribution is -2.50. The summed E-state index contributed by atoms with van der Waals surface area (Å²) >= 11 is 3.41. The quantitative estimate of drug-likeness (QED) is 0.376. The molecule has 0 bridgehead atoms. The number of likely N-dealkylation sites (tertiary alicyclic amines) is 1. The Morgan fingerprint density at radius 1 is 1.50 bits per heavy atom. The Balaban J connectivity index is 2.32. The van der Waals surface area contributed by atoms with Crippen LogP contribution in [0.5, 0.6) is 0 Å². The molecule has 1 saturated heterocycles. The van der Waals surface area contributed by atoms with Crippen LogP contribution in [0.15, 0.2) is 27.8 Å². The molecule has 2 rings (SSSR count). The lowest BCUT2D eigenvalue weighted by atomic mass is 9.99. The zero-order valence-corrected chi connectivity index (χ0v) is 12.9. The number of amidine groups is 1. The summed E-state index contributed by atoms with van der Waals surface area (Å²) < 4.78 is 0.761. The van der Waals surface area contributed by atoms with E-state index in [0.29, 0.717) is 12.1 Å². The molecule has 0 aromatic heterocycles. The van der Waals surface area contributed by atoms with E-state index in [9.17, 15) is 4.79 Å². The normalized spacial score (nSPS) is 20.0. The monoisotopic (exact) mass is 339 g/mol. The van der Waals surface area contributed by atoms with Crippen LogP contribution in [0.3, 0.4) is 0 Å². The molecule has 1 unspecified atom stereocenters. The lowest BCUT2D eigenvalue weighted by molar-refractivity contribution is 0.0675. The number of aryl methyl sites for hydroxylation is 1. The second kappa shape index (κ2) is 6.26. The van der Waals surface area contributed by atoms with Gasteiger partial charge in [0.2, 0.25) is 0 Å². The maximum Gasteiger partial charge on any atom is 0.255 e. The van der Waals surface area contributed by atoms with Crippen LogP contribution >= 0.6 is 15.9 Å². The van der Waals surface area contributed by atoms with Crippen molar-refractivity contribution < 1.29 is 10.0 Å². The average molecular weight is 340 g/mol. The molecule has 20 heavy (non-hydrogen) atoms. The zero-order valence-electron chi connectivity index (χ0n) is 11.3. The molecule has 0 spiro atoms. The van der Waals surface area contributed by atoms with Gasteiger partial charge in [0.25, 0.3) is 5.91 Å². The van der Waals surface area contributed by atoms with Crippen molar-refractivity contribution in [2.75, 3.05) is 6.54 Å². The Morgan fingerprint density at radius 3 is 2.95 bits per heavy atom. The second-order valence-corrected chi connectivity index (χ2v) is 5.87. The molecular formula is C14H18BrN3O2. The van der Waals surface area contributed by atoms with E-state index in [2.05, 4.69) is 21.1 Å². The highest BCUT2D eigenvalue weighted by atomic mass is 79.9. The van der Waals surface area contributed by atoms with Crippen molar-refractivity contribution in [3.05, 3.63) is 33.8 Å². The van der Waals surface area contributed by atoms with E-state index in [-0.39, 0.29) is 17.8 Å². The van der Waals surface area contributed by atoms with Gasteiger partial charge in [-0.05, 0) is 54.2 Å². The molecule has 1 aliphatic rings. The number of halogens is 1. The summed E-state index contributed by atoms with van der Waals surface area (Å²) in [7, 11) is 0. The molecule has 1 amide bonds. The smallest absolute Gasteiger partial charge is 0.255 e. The fraction of sp³-hybridized carbons (Fsp3) is 0.429. The number of nitrogens with zero attached hydrogens (tertiary/aromatic N) is 2. The van der Waals surface area contributed by atoms with E-state index >= 15 is 0 Å². The molecule has 108 valence electrons. The Hall–Kier alpha value is -1.56. The highest BCUT2D eigenvalue weighted by Gasteiger charge is 2.31. The van der Waals surface area contributed by atoms with Crippen molar-refractivity contribution in [1.82, 2.24) is 4.90 Å². The molecule has 0 saturated carbocycles. The molecule has 1 atom stereocenters. The Labute approximate surface area is 126 Å². The molecule has 1 aromatic rings. The molecule has 1 aromatic carbocycles. The molecule has 0 radical (unpaired) electrons. The summed E-state index contributed by atoms with van der Waals surface area (Å²) in [6.07, 6.45) is 2.63. The van der Waals surface area contributed by atoms with Crippen LogP contribution in [0.4, 0.5) is 0 Å². The van der Waals surface area contributed by atoms with Crippen molar-refractivity contribution in [2.45, 2.75) is 32.2 Å². The minimum absolute atomic E-state index is 0.0862. The van der Waals surface area contributed by atoms with Gasteiger partial charge in [-0.3, -0.25) is 4.79 Å². The molecule has 0 aliphatic carbocycles. The summed E-state index contributed by atoms with van der Waals surface area (Å²) in [5.74, 6) is 0.0127. The summed E-state index contributed by atoms with van der Waals surface area (Å²) in [4.78, 5) is 14.4. The number of piperidine rings is 1. The number of hydrogen-bond donors (Lipinski definition) is 2. The van der Waals surface area contributed by atoms with Gasteiger partial charge in [-0.15, -0.1) is 0 Å². The van der Waals surface area contributed by atoms with E-state index in [0.717, 1.165) is 29.3 Å². The van der Waals surface area contributed by atoms with E-state index in [1.807, 2.05) is 25.1 Å². The molecule has 1 heterocycles. The van der Waals surface area contributed by atoms with Crippen LogP contribution in [0.1, 0.15) is 35.2 Å². The van der Waals surface area contributed by atoms with Gasteiger partial charge in [0.05, 0.1) is 11.6 Å². The van der Waals surface area contributed by atoms with Gasteiger partial charge in [-0.2, -0.15) is 0 Å². The Morgan fingerprint density at radius 2 is 2.25 bits per heavy atom. The maximum atomic E-state index is 12.7. The molecule has 5 nitrogen and oxygen atoms in total. The number of carbonyl (C=O) groups excluding carboxylic acids is 1. The first kappa shape index (κ1) is 14.8. The van der Waals surface area contributed by atoms with Gasteiger partial charge in [-0.1, -0.05) is 16.8 Å². The second-order valence-electron chi connectivity index (χ2n) is 5.02. The predicted octanol–water partition coefficient (Wildman–Crippen LogP) is 2.50. The summed E-state index contributed by atoms with van der Waals surface area (Å²) in [5, 5.41) is 11.9. The zero-order chi connectivity index (χ0) is 14.7. The van der Waals surface area contributed by atoms with Crippen LogP contribution in [-0.2, 0) is 0 Å². The fourth-order valence-electron chi connectivity index (χ4n) is 2.51. The highest BCUT2D eigenvalue weighted by Crippen LogP contribution is 2.24. The molecular weight excluding hydrogens is 322 g/mol. The van der Waals surface area contributed by atoms with Crippen LogP contribution < -0.4 is 5.73 Å². The summed E-state index contributed by atoms with van der Waals surface area (Å²) in [6.45, 7) is 2.57. The minimum Gasteiger partial charge on any atom is -0.409 e. The molecule has 3 N–H and O–H groups in total. The third-order valence-electron chi connectivity index (χ3n) is 3.57. The third-order valence-corrected chi connectivity index (χ3v) is 4.26. The standard InChI is InChI=1S/C14H18BrN3O2/c1-9-5-6-11(15)10(8-9)14(19)18-7-3-2-4-12(18)13(16)17-20/h5-6,8,12,20H,2-4,7H2,1H3,(H2,16,17). The van der Waals surface area contributed by atoms with Crippen LogP contribution in [0.2, 0.25) is 0 Å². The number of nitrogens with two attached hydrogens (primary N) is 1. The van der Waals surface area contributed by atoms with E-state index < -0.39 is 0 Å². The minimum atomic E-state index is -0.325. The van der Waals surface area contributed by atoms with E-state index in [1.54, 1.807) is 4.90 Å². The van der Waals surface area contributed by atoms with E-state index in [1.165, 1.54) is 0 Å². The van der Waals surface area contributed by atoms with Gasteiger partial charge >= 0.3 is 0 Å². The predicted molar refractivity (Wildman–Crippen MR) is 81.0 cm³/mol. The lowest BCUT2D eigenvalue weighted by Gasteiger charge is -2.35. The van der Waals surface area contributed by atoms with Crippen LogP contribution in [-0.4, -0.2) is 34.4 Å². The van der Waals surface area contributed by atoms with Gasteiger partial charge in [0, 0.05) is 11.0 Å². The molecule has 6 heteroatoms. The maximum absolute atomic E-state index is 12.7. The highest BCUT2D eigenvalue weighted by molar-refractivity contribution is 9.10. The van der Waals surface area contributed by atoms with Gasteiger partial charge < -0.3 is 15.8 Å². The number of amides is 1. The SMILES string of the molecule is Cc1ccc(Br)c(C(=O)N2CCCCC2/C(N)=N/O)c1. The third kappa shape index (κ3) is 2.95. The number of oxime groups is 1. The van der Waals surface area contributed by atoms with E-state index in [4.69, 9.17) is 10.9 Å². The van der Waals surface area contributed by atoms with Crippen LogP contribution in [0.25, 0.3) is 0 Å². The van der Waals surface area contributed by atoms with Gasteiger partial charge in [0.1, 0.15) is 0 Å². The largest absolute Gasteiger partial charge is 0.409 e. The van der Waals surface area contributed by atoms with Crippen molar-refractivity contribution in [3.63, 3.8) is 0 Å². The first-order chi connectivity index (χ1) is 9.54. The van der Waals surface area contributed by atoms with Crippen LogP contribution in [0, 0.1) is 6.92 Å². The number of carbonyl (C=O) groups is 1. The van der Waals surface area contributed by atoms with Gasteiger partial charge in [0.15, 0.2) is 5.84 Å². The molecule has 1 fully saturated rings. The van der Waals surface area contributed by atoms with Crippen molar-refractivity contribution in [2.24, 2.45) is 10.9 Å². The van der Waals surface area contributed by atoms with Crippen molar-refractivity contribution in [3.8, 4) is 0 Å². The number of benzene rings is 1. The van der Waals surface area contributed by atoms with Crippen molar-refractivity contribution in [1.29, 1.82) is 0 Å². The first-order valence-corrected chi connectivity index (χ1v) is 7.38. The summed E-state index contributed by atoms with van der Waals surface area (Å²) in [5.41, 5.74) is 7.35. The molecule has 1 aliphatic heterocycles. The van der Waals surface area contributed by atoms with Crippen molar-refractivity contribution >= 4 is 27.7 Å². The topological polar surface area (TPSA) is 78.9 Å². The fourth-order valence-corrected chi connectivity index (χ4v) is 2.92. The number of hydrogen-bond acceptors (Lipinski definition) is 3. The Bertz CT molecular complexity index is 545. The first-order valence-electron chi connectivity index (χ1n) is 6.59. The van der Waals surface area contributed by atoms with Gasteiger partial charge in [-0.25, -0.2) is 0 Å². The summed E-state index contributed by atoms with van der Waals surface area (Å²) in [6, 6.07) is 5.33. The number of rotatable bonds is 2. The Kier molecular flexibility index (Phi) is 4.65. The average Bonchev–Trinajstić information content (AvgIpc) is 2.48.